The molecule has 2 aromatic heterocycles. The largest absolute Gasteiger partial charge is 0.390 e. The van der Waals surface area contributed by atoms with Crippen LogP contribution >= 0.6 is 0 Å². The van der Waals surface area contributed by atoms with Crippen molar-refractivity contribution in [2.24, 2.45) is 0 Å². The molecule has 0 saturated heterocycles. The standard InChI is InChI=1S/C10H14N4O/c1-2-3-14-6-8(4-12-14)10-11-5-9(7-15)13-10/h4-6,15H,2-3,7H2,1H3,(H,11,13). The fraction of sp³-hybridized carbons (Fsp3) is 0.400. The normalized spacial score (nSPS) is 10.8. The van der Waals surface area contributed by atoms with Gasteiger partial charge in [0.25, 0.3) is 0 Å². The Kier molecular flexibility index (Phi) is 2.82. The number of nitrogens with zero attached hydrogens (tertiary/aromatic N) is 3. The Bertz CT molecular complexity index is 432. The zero-order chi connectivity index (χ0) is 10.7. The van der Waals surface area contributed by atoms with Crippen LogP contribution in [0.1, 0.15) is 19.0 Å². The molecule has 0 aliphatic carbocycles. The summed E-state index contributed by atoms with van der Waals surface area (Å²) in [7, 11) is 0. The average Bonchev–Trinajstić information content (AvgIpc) is 2.85. The molecule has 2 rings (SSSR count). The van der Waals surface area contributed by atoms with Gasteiger partial charge in [-0.15, -0.1) is 0 Å². The molecule has 0 atom stereocenters. The Balaban J connectivity index is 2.21. The van der Waals surface area contributed by atoms with Gasteiger partial charge in [0.1, 0.15) is 5.82 Å². The molecule has 0 amide bonds. The molecule has 2 aromatic rings. The molecule has 2 N–H and O–H groups in total. The van der Waals surface area contributed by atoms with Gasteiger partial charge >= 0.3 is 0 Å². The zero-order valence-corrected chi connectivity index (χ0v) is 8.64. The first-order valence-corrected chi connectivity index (χ1v) is 5.01. The van der Waals surface area contributed by atoms with Gasteiger partial charge in [-0.2, -0.15) is 5.10 Å². The maximum Gasteiger partial charge on any atom is 0.140 e. The number of aromatic amines is 1. The van der Waals surface area contributed by atoms with E-state index in [4.69, 9.17) is 5.11 Å². The highest BCUT2D eigenvalue weighted by Gasteiger charge is 2.05. The highest BCUT2D eigenvalue weighted by molar-refractivity contribution is 5.52. The van der Waals surface area contributed by atoms with Crippen molar-refractivity contribution < 1.29 is 5.11 Å². The van der Waals surface area contributed by atoms with E-state index in [-0.39, 0.29) is 6.61 Å². The summed E-state index contributed by atoms with van der Waals surface area (Å²) in [5.74, 6) is 0.751. The maximum absolute atomic E-state index is 8.90. The predicted octanol–water partition coefficient (Wildman–Crippen LogP) is 1.18. The van der Waals surface area contributed by atoms with Crippen LogP contribution in [0.4, 0.5) is 0 Å². The Morgan fingerprint density at radius 1 is 1.47 bits per heavy atom. The number of hydrogen-bond donors (Lipinski definition) is 2. The predicted molar refractivity (Wildman–Crippen MR) is 56.0 cm³/mol. The Hall–Kier alpha value is -1.62. The molecule has 0 aliphatic rings. The molecule has 0 fully saturated rings. The highest BCUT2D eigenvalue weighted by atomic mass is 16.3. The van der Waals surface area contributed by atoms with Crippen molar-refractivity contribution in [3.8, 4) is 11.4 Å². The van der Waals surface area contributed by atoms with Gasteiger partial charge in [0.15, 0.2) is 0 Å². The van der Waals surface area contributed by atoms with E-state index in [9.17, 15) is 0 Å². The Morgan fingerprint density at radius 2 is 2.33 bits per heavy atom. The molecule has 0 bridgehead atoms. The average molecular weight is 206 g/mol. The number of aliphatic hydroxyl groups excluding tert-OH is 1. The molecule has 15 heavy (non-hydrogen) atoms. The van der Waals surface area contributed by atoms with Crippen LogP contribution in [0.25, 0.3) is 11.4 Å². The maximum atomic E-state index is 8.90. The van der Waals surface area contributed by atoms with E-state index in [2.05, 4.69) is 22.0 Å². The molecular weight excluding hydrogens is 192 g/mol. The lowest BCUT2D eigenvalue weighted by molar-refractivity contribution is 0.277. The number of nitrogens with one attached hydrogen (secondary N) is 1. The van der Waals surface area contributed by atoms with Crippen LogP contribution in [0.15, 0.2) is 18.6 Å². The lowest BCUT2D eigenvalue weighted by Crippen LogP contribution is -1.95. The summed E-state index contributed by atoms with van der Waals surface area (Å²) in [5, 5.41) is 13.1. The molecule has 0 saturated carbocycles. The van der Waals surface area contributed by atoms with Crippen molar-refractivity contribution in [2.45, 2.75) is 26.5 Å². The summed E-state index contributed by atoms with van der Waals surface area (Å²) in [4.78, 5) is 7.18. The van der Waals surface area contributed by atoms with E-state index in [0.717, 1.165) is 24.4 Å². The van der Waals surface area contributed by atoms with Crippen LogP contribution in [-0.4, -0.2) is 24.9 Å². The fourth-order valence-electron chi connectivity index (χ4n) is 1.42. The van der Waals surface area contributed by atoms with Crippen molar-refractivity contribution in [1.82, 2.24) is 19.7 Å². The van der Waals surface area contributed by atoms with E-state index in [1.807, 2.05) is 10.9 Å². The van der Waals surface area contributed by atoms with Crippen molar-refractivity contribution >= 4 is 0 Å². The van der Waals surface area contributed by atoms with Gasteiger partial charge < -0.3 is 10.1 Å². The van der Waals surface area contributed by atoms with Gasteiger partial charge in [0, 0.05) is 12.7 Å². The first-order chi connectivity index (χ1) is 7.33. The smallest absolute Gasteiger partial charge is 0.140 e. The SMILES string of the molecule is CCCn1cc(-c2ncc(CO)[nH]2)cn1. The molecule has 0 spiro atoms. The third kappa shape index (κ3) is 2.07. The van der Waals surface area contributed by atoms with Crippen molar-refractivity contribution in [2.75, 3.05) is 0 Å². The molecule has 0 aliphatic heterocycles. The summed E-state index contributed by atoms with van der Waals surface area (Å²) in [6.07, 6.45) is 6.41. The second-order valence-corrected chi connectivity index (χ2v) is 3.41. The third-order valence-electron chi connectivity index (χ3n) is 2.16. The van der Waals surface area contributed by atoms with Crippen molar-refractivity contribution in [3.63, 3.8) is 0 Å². The van der Waals surface area contributed by atoms with Crippen LogP contribution in [0.3, 0.4) is 0 Å². The number of hydrogen-bond acceptors (Lipinski definition) is 3. The first kappa shape index (κ1) is 9.92. The lowest BCUT2D eigenvalue weighted by atomic mass is 10.3. The van der Waals surface area contributed by atoms with Crippen molar-refractivity contribution in [1.29, 1.82) is 0 Å². The van der Waals surface area contributed by atoms with Gasteiger partial charge in [-0.05, 0) is 6.42 Å². The van der Waals surface area contributed by atoms with Gasteiger partial charge in [-0.3, -0.25) is 4.68 Å². The Labute approximate surface area is 87.8 Å². The van der Waals surface area contributed by atoms with Crippen LogP contribution in [0.2, 0.25) is 0 Å². The van der Waals surface area contributed by atoms with Crippen LogP contribution in [-0.2, 0) is 13.2 Å². The summed E-state index contributed by atoms with van der Waals surface area (Å²) in [6.45, 7) is 3.00. The summed E-state index contributed by atoms with van der Waals surface area (Å²) in [6, 6.07) is 0. The number of rotatable bonds is 4. The number of aryl methyl sites for hydroxylation is 1. The molecule has 0 radical (unpaired) electrons. The van der Waals surface area contributed by atoms with Crippen LogP contribution in [0.5, 0.6) is 0 Å². The Morgan fingerprint density at radius 3 is 3.00 bits per heavy atom. The van der Waals surface area contributed by atoms with Crippen LogP contribution < -0.4 is 0 Å². The van der Waals surface area contributed by atoms with Crippen LogP contribution in [0, 0.1) is 0 Å². The van der Waals surface area contributed by atoms with E-state index in [0.29, 0.717) is 5.69 Å². The number of H-pyrrole nitrogens is 1. The van der Waals surface area contributed by atoms with Gasteiger partial charge in [0.05, 0.1) is 30.3 Å². The van der Waals surface area contributed by atoms with E-state index < -0.39 is 0 Å². The molecule has 80 valence electrons. The number of aliphatic hydroxyl groups is 1. The highest BCUT2D eigenvalue weighted by Crippen LogP contribution is 2.14. The van der Waals surface area contributed by atoms with E-state index in [1.54, 1.807) is 12.4 Å². The summed E-state index contributed by atoms with van der Waals surface area (Å²) >= 11 is 0. The van der Waals surface area contributed by atoms with Gasteiger partial charge in [0.2, 0.25) is 0 Å². The minimum atomic E-state index is -0.0178. The minimum absolute atomic E-state index is 0.0178. The van der Waals surface area contributed by atoms with E-state index in [1.165, 1.54) is 0 Å². The molecule has 5 heteroatoms. The minimum Gasteiger partial charge on any atom is -0.390 e. The second kappa shape index (κ2) is 4.27. The summed E-state index contributed by atoms with van der Waals surface area (Å²) in [5.41, 5.74) is 1.66. The quantitative estimate of drug-likeness (QED) is 0.789. The second-order valence-electron chi connectivity index (χ2n) is 3.41. The molecule has 0 unspecified atom stereocenters. The van der Waals surface area contributed by atoms with Crippen molar-refractivity contribution in [3.05, 3.63) is 24.3 Å². The molecular formula is C10H14N4O. The number of aromatic nitrogens is 4. The summed E-state index contributed by atoms with van der Waals surface area (Å²) < 4.78 is 1.89. The topological polar surface area (TPSA) is 66.7 Å². The number of imidazole rings is 1. The van der Waals surface area contributed by atoms with Gasteiger partial charge in [-0.1, -0.05) is 6.92 Å². The van der Waals surface area contributed by atoms with E-state index >= 15 is 0 Å². The van der Waals surface area contributed by atoms with Gasteiger partial charge in [-0.25, -0.2) is 4.98 Å². The monoisotopic (exact) mass is 206 g/mol. The third-order valence-corrected chi connectivity index (χ3v) is 2.16. The zero-order valence-electron chi connectivity index (χ0n) is 8.64. The first-order valence-electron chi connectivity index (χ1n) is 5.01. The molecule has 0 aromatic carbocycles. The molecule has 2 heterocycles. The fourth-order valence-corrected chi connectivity index (χ4v) is 1.42. The molecule has 5 nitrogen and oxygen atoms in total. The lowest BCUT2D eigenvalue weighted by Gasteiger charge is -1.94.